The smallest absolute Gasteiger partial charge is 0.160 e. The number of aromatic nitrogens is 5. The maximum Gasteiger partial charge on any atom is 0.160 e. The van der Waals surface area contributed by atoms with E-state index in [9.17, 15) is 13.2 Å². The van der Waals surface area contributed by atoms with E-state index in [4.69, 9.17) is 4.98 Å². The third-order valence-corrected chi connectivity index (χ3v) is 8.52. The number of hydrogen-bond acceptors (Lipinski definition) is 8. The van der Waals surface area contributed by atoms with Crippen molar-refractivity contribution in [2.45, 2.75) is 68.3 Å². The van der Waals surface area contributed by atoms with Crippen LogP contribution in [0.1, 0.15) is 73.8 Å². The lowest BCUT2D eigenvalue weighted by Crippen LogP contribution is -2.18. The van der Waals surface area contributed by atoms with Crippen molar-refractivity contribution in [2.24, 2.45) is 0 Å². The minimum absolute atomic E-state index is 0.00651. The predicted molar refractivity (Wildman–Crippen MR) is 127 cm³/mol. The van der Waals surface area contributed by atoms with Crippen molar-refractivity contribution in [1.82, 2.24) is 24.9 Å². The Kier molecular flexibility index (Phi) is 6.20. The summed E-state index contributed by atoms with van der Waals surface area (Å²) >= 11 is 0. The van der Waals surface area contributed by atoms with Crippen molar-refractivity contribution in [3.63, 3.8) is 0 Å². The fourth-order valence-electron chi connectivity index (χ4n) is 4.08. The largest absolute Gasteiger partial charge is 0.299 e. The molecule has 1 unspecified atom stereocenters. The first-order chi connectivity index (χ1) is 16.4. The van der Waals surface area contributed by atoms with E-state index in [0.717, 1.165) is 17.0 Å². The quantitative estimate of drug-likeness (QED) is 0.435. The van der Waals surface area contributed by atoms with Gasteiger partial charge in [0.15, 0.2) is 9.84 Å². The SMILES string of the molecule is CCC(C(=O)Cc1ccc(-c2cncc(C3CC3)n2)cn1)c1ccnc(CS(=O)(=O)C2CC2)n1. The monoisotopic (exact) mass is 477 g/mol. The van der Waals surface area contributed by atoms with Gasteiger partial charge in [-0.2, -0.15) is 0 Å². The van der Waals surface area contributed by atoms with Gasteiger partial charge in [0.25, 0.3) is 0 Å². The van der Waals surface area contributed by atoms with Crippen LogP contribution in [0, 0.1) is 0 Å². The summed E-state index contributed by atoms with van der Waals surface area (Å²) in [6.07, 6.45) is 11.3. The second kappa shape index (κ2) is 9.29. The average molecular weight is 478 g/mol. The van der Waals surface area contributed by atoms with Crippen molar-refractivity contribution in [1.29, 1.82) is 0 Å². The number of sulfone groups is 1. The highest BCUT2D eigenvalue weighted by Crippen LogP contribution is 2.39. The normalized spacial score (nSPS) is 16.9. The minimum atomic E-state index is -3.22. The molecule has 1 atom stereocenters. The number of nitrogens with zero attached hydrogens (tertiary/aromatic N) is 5. The molecule has 2 aliphatic carbocycles. The van der Waals surface area contributed by atoms with E-state index in [-0.39, 0.29) is 29.0 Å². The Hall–Kier alpha value is -3.07. The Balaban J connectivity index is 1.27. The van der Waals surface area contributed by atoms with Crippen LogP contribution in [0.4, 0.5) is 0 Å². The molecule has 2 fully saturated rings. The molecule has 0 aliphatic heterocycles. The van der Waals surface area contributed by atoms with E-state index >= 15 is 0 Å². The molecule has 0 amide bonds. The van der Waals surface area contributed by atoms with Gasteiger partial charge in [0, 0.05) is 42.2 Å². The van der Waals surface area contributed by atoms with Gasteiger partial charge in [0.1, 0.15) is 17.4 Å². The highest BCUT2D eigenvalue weighted by atomic mass is 32.2. The van der Waals surface area contributed by atoms with Gasteiger partial charge in [-0.15, -0.1) is 0 Å². The maximum absolute atomic E-state index is 13.1. The number of carbonyl (C=O) groups excluding carboxylic acids is 1. The zero-order valence-electron chi connectivity index (χ0n) is 19.1. The molecule has 176 valence electrons. The summed E-state index contributed by atoms with van der Waals surface area (Å²) in [6, 6.07) is 5.46. The van der Waals surface area contributed by atoms with Crippen molar-refractivity contribution in [2.75, 3.05) is 0 Å². The van der Waals surface area contributed by atoms with Crippen LogP contribution >= 0.6 is 0 Å². The minimum Gasteiger partial charge on any atom is -0.299 e. The third kappa shape index (κ3) is 5.19. The van der Waals surface area contributed by atoms with Gasteiger partial charge in [0.2, 0.25) is 0 Å². The molecule has 34 heavy (non-hydrogen) atoms. The van der Waals surface area contributed by atoms with Crippen molar-refractivity contribution in [3.05, 3.63) is 65.9 Å². The second-order valence-corrected chi connectivity index (χ2v) is 11.4. The highest BCUT2D eigenvalue weighted by molar-refractivity contribution is 7.91. The number of Topliss-reactive ketones (excluding diaryl/α,β-unsaturated/α-hetero) is 1. The van der Waals surface area contributed by atoms with Gasteiger partial charge in [-0.25, -0.2) is 23.4 Å². The van der Waals surface area contributed by atoms with Gasteiger partial charge < -0.3 is 0 Å². The molecular formula is C25H27N5O3S. The van der Waals surface area contributed by atoms with E-state index in [1.807, 2.05) is 25.3 Å². The highest BCUT2D eigenvalue weighted by Gasteiger charge is 2.36. The van der Waals surface area contributed by atoms with Gasteiger partial charge in [-0.1, -0.05) is 6.92 Å². The summed E-state index contributed by atoms with van der Waals surface area (Å²) in [6.45, 7) is 1.92. The summed E-state index contributed by atoms with van der Waals surface area (Å²) in [5.74, 6) is 0.164. The molecule has 9 heteroatoms. The van der Waals surface area contributed by atoms with E-state index in [0.29, 0.717) is 36.6 Å². The van der Waals surface area contributed by atoms with E-state index < -0.39 is 15.8 Å². The Labute approximate surface area is 199 Å². The maximum atomic E-state index is 13.1. The summed E-state index contributed by atoms with van der Waals surface area (Å²) in [5.41, 5.74) is 3.92. The topological polar surface area (TPSA) is 116 Å². The average Bonchev–Trinajstić information content (AvgIpc) is 3.72. The number of ketones is 1. The number of pyridine rings is 1. The van der Waals surface area contributed by atoms with Gasteiger partial charge in [0.05, 0.1) is 34.4 Å². The summed E-state index contributed by atoms with van der Waals surface area (Å²) in [4.78, 5) is 35.2. The molecular weight excluding hydrogens is 450 g/mol. The number of carbonyl (C=O) groups is 1. The first-order valence-electron chi connectivity index (χ1n) is 11.8. The van der Waals surface area contributed by atoms with Crippen LogP contribution in [0.5, 0.6) is 0 Å². The molecule has 0 spiro atoms. The van der Waals surface area contributed by atoms with Crippen LogP contribution in [0.2, 0.25) is 0 Å². The number of hydrogen-bond donors (Lipinski definition) is 0. The Morgan fingerprint density at radius 1 is 1.03 bits per heavy atom. The molecule has 8 nitrogen and oxygen atoms in total. The molecule has 0 N–H and O–H groups in total. The standard InChI is InChI=1S/C25H27N5O3S/c1-2-20(21-9-10-27-25(30-21)15-34(32,33)19-7-8-19)24(31)11-18-6-5-17(12-28-18)23-14-26-13-22(29-23)16-3-4-16/h5-6,9-10,12-14,16,19-20H,2-4,7-8,11,15H2,1H3. The third-order valence-electron chi connectivity index (χ3n) is 6.37. The van der Waals surface area contributed by atoms with Crippen molar-refractivity contribution < 1.29 is 13.2 Å². The molecule has 0 saturated heterocycles. The van der Waals surface area contributed by atoms with E-state index in [1.165, 1.54) is 12.8 Å². The Morgan fingerprint density at radius 2 is 1.85 bits per heavy atom. The lowest BCUT2D eigenvalue weighted by Gasteiger charge is -2.14. The lowest BCUT2D eigenvalue weighted by molar-refractivity contribution is -0.120. The molecule has 0 radical (unpaired) electrons. The zero-order chi connectivity index (χ0) is 23.7. The summed E-state index contributed by atoms with van der Waals surface area (Å²) < 4.78 is 24.6. The van der Waals surface area contributed by atoms with E-state index in [2.05, 4.69) is 19.9 Å². The van der Waals surface area contributed by atoms with Crippen LogP contribution in [0.3, 0.4) is 0 Å². The van der Waals surface area contributed by atoms with Crippen LogP contribution in [-0.2, 0) is 26.8 Å². The van der Waals surface area contributed by atoms with E-state index in [1.54, 1.807) is 24.7 Å². The fourth-order valence-corrected chi connectivity index (χ4v) is 5.67. The van der Waals surface area contributed by atoms with Gasteiger partial charge in [-0.05, 0) is 50.3 Å². The fraction of sp³-hybridized carbons (Fsp3) is 0.440. The van der Waals surface area contributed by atoms with Crippen molar-refractivity contribution >= 4 is 15.6 Å². The zero-order valence-corrected chi connectivity index (χ0v) is 19.9. The molecule has 3 aromatic heterocycles. The van der Waals surface area contributed by atoms with Crippen LogP contribution in [0.25, 0.3) is 11.3 Å². The van der Waals surface area contributed by atoms with Crippen LogP contribution in [-0.4, -0.2) is 44.4 Å². The van der Waals surface area contributed by atoms with Crippen molar-refractivity contribution in [3.8, 4) is 11.3 Å². The second-order valence-electron chi connectivity index (χ2n) is 9.15. The van der Waals surface area contributed by atoms with Gasteiger partial charge >= 0.3 is 0 Å². The Morgan fingerprint density at radius 3 is 2.53 bits per heavy atom. The molecule has 3 aromatic rings. The summed E-state index contributed by atoms with van der Waals surface area (Å²) in [5, 5.41) is -0.264. The van der Waals surface area contributed by atoms with Crippen LogP contribution < -0.4 is 0 Å². The molecule has 0 aromatic carbocycles. The predicted octanol–water partition coefficient (Wildman–Crippen LogP) is 3.59. The van der Waals surface area contributed by atoms with Gasteiger partial charge in [-0.3, -0.25) is 14.8 Å². The Bertz CT molecular complexity index is 1300. The molecule has 2 aliphatic rings. The first kappa shape index (κ1) is 22.7. The summed E-state index contributed by atoms with van der Waals surface area (Å²) in [7, 11) is -3.22. The van der Waals surface area contributed by atoms with Crippen LogP contribution in [0.15, 0.2) is 43.0 Å². The first-order valence-corrected chi connectivity index (χ1v) is 13.5. The molecule has 2 saturated carbocycles. The number of rotatable bonds is 10. The lowest BCUT2D eigenvalue weighted by atomic mass is 9.93. The molecule has 0 bridgehead atoms. The molecule has 3 heterocycles. The molecule has 5 rings (SSSR count).